The number of esters is 1. The number of carbonyl (C=O) groups excluding carboxylic acids is 1. The van der Waals surface area contributed by atoms with Gasteiger partial charge in [-0.2, -0.15) is 0 Å². The summed E-state index contributed by atoms with van der Waals surface area (Å²) in [6.07, 6.45) is 0. The minimum Gasteiger partial charge on any atom is -0.465 e. The lowest BCUT2D eigenvalue weighted by atomic mass is 10.2. The quantitative estimate of drug-likeness (QED) is 0.684. The number of carbonyl (C=O) groups is 1. The molecule has 0 heterocycles. The topological polar surface area (TPSA) is 41.6 Å². The first-order chi connectivity index (χ1) is 8.93. The molecule has 0 aliphatic heterocycles. The Balaban J connectivity index is 2.61. The normalized spacial score (nSPS) is 9.89. The Morgan fingerprint density at radius 3 is 2.79 bits per heavy atom. The summed E-state index contributed by atoms with van der Waals surface area (Å²) in [5, 5.41) is 4.21. The molecule has 0 aliphatic rings. The number of hydrogen-bond acceptors (Lipinski definition) is 3. The summed E-state index contributed by atoms with van der Waals surface area (Å²) in [4.78, 5) is 13.0. The smallest absolute Gasteiger partial charge is 0.325 e. The second-order valence-electron chi connectivity index (χ2n) is 4.05. The van der Waals surface area contributed by atoms with Crippen molar-refractivity contribution in [2.45, 2.75) is 13.8 Å². The molecule has 0 amide bonds. The summed E-state index contributed by atoms with van der Waals surface area (Å²) >= 11 is 11.1. The highest BCUT2D eigenvalue weighted by Crippen LogP contribution is 2.19. The fourth-order valence-corrected chi connectivity index (χ4v) is 1.85. The summed E-state index contributed by atoms with van der Waals surface area (Å²) in [6.45, 7) is 4.18. The molecule has 0 bridgehead atoms. The molecule has 0 aliphatic carbocycles. The van der Waals surface area contributed by atoms with Crippen molar-refractivity contribution in [1.29, 1.82) is 0 Å². The Hall–Kier alpha value is -1.33. The number of aryl methyl sites for hydroxylation is 1. The molecule has 0 aromatic heterocycles. The van der Waals surface area contributed by atoms with Crippen LogP contribution in [-0.4, -0.2) is 36.2 Å². The predicted octanol–water partition coefficient (Wildman–Crippen LogP) is 2.84. The molecule has 104 valence electrons. The van der Waals surface area contributed by atoms with Crippen molar-refractivity contribution in [1.82, 2.24) is 4.90 Å². The number of benzene rings is 1. The van der Waals surface area contributed by atoms with Crippen molar-refractivity contribution in [3.8, 4) is 0 Å². The number of rotatable bonds is 4. The Labute approximate surface area is 123 Å². The Morgan fingerprint density at radius 1 is 1.53 bits per heavy atom. The highest BCUT2D eigenvalue weighted by molar-refractivity contribution is 7.80. The van der Waals surface area contributed by atoms with Gasteiger partial charge in [-0.05, 0) is 49.8 Å². The van der Waals surface area contributed by atoms with Crippen LogP contribution >= 0.6 is 23.8 Å². The fraction of sp³-hybridized carbons (Fsp3) is 0.385. The average Bonchev–Trinajstić information content (AvgIpc) is 2.32. The van der Waals surface area contributed by atoms with E-state index in [1.165, 1.54) is 0 Å². The van der Waals surface area contributed by atoms with Crippen LogP contribution in [-0.2, 0) is 9.53 Å². The Kier molecular flexibility index (Phi) is 6.05. The van der Waals surface area contributed by atoms with E-state index in [2.05, 4.69) is 5.32 Å². The van der Waals surface area contributed by atoms with E-state index in [-0.39, 0.29) is 12.5 Å². The second-order valence-corrected chi connectivity index (χ2v) is 4.87. The molecule has 0 saturated heterocycles. The number of anilines is 1. The molecule has 1 aromatic rings. The van der Waals surface area contributed by atoms with Crippen LogP contribution < -0.4 is 5.32 Å². The zero-order valence-corrected chi connectivity index (χ0v) is 12.8. The van der Waals surface area contributed by atoms with Gasteiger partial charge in [0.15, 0.2) is 5.11 Å². The van der Waals surface area contributed by atoms with Crippen LogP contribution in [0.15, 0.2) is 18.2 Å². The van der Waals surface area contributed by atoms with Gasteiger partial charge in [0.05, 0.1) is 6.61 Å². The Bertz CT molecular complexity index is 480. The zero-order chi connectivity index (χ0) is 14.4. The van der Waals surface area contributed by atoms with Crippen LogP contribution in [0, 0.1) is 6.92 Å². The average molecular weight is 301 g/mol. The molecular weight excluding hydrogens is 284 g/mol. The molecule has 0 atom stereocenters. The molecule has 1 N–H and O–H groups in total. The van der Waals surface area contributed by atoms with Crippen molar-refractivity contribution < 1.29 is 9.53 Å². The fourth-order valence-electron chi connectivity index (χ4n) is 1.45. The van der Waals surface area contributed by atoms with Gasteiger partial charge in [-0.1, -0.05) is 11.6 Å². The van der Waals surface area contributed by atoms with Gasteiger partial charge in [-0.25, -0.2) is 0 Å². The third-order valence-corrected chi connectivity index (χ3v) is 3.10. The standard InChI is InChI=1S/C13H17ClN2O2S/c1-4-18-12(17)8-16(3)13(19)15-11-6-5-10(14)7-9(11)2/h5-7H,4,8H2,1-3H3,(H,15,19). The number of halogens is 1. The molecule has 0 unspecified atom stereocenters. The number of nitrogens with one attached hydrogen (secondary N) is 1. The molecule has 0 fully saturated rings. The van der Waals surface area contributed by atoms with Crippen LogP contribution in [0.25, 0.3) is 0 Å². The van der Waals surface area contributed by atoms with E-state index in [9.17, 15) is 4.79 Å². The lowest BCUT2D eigenvalue weighted by Crippen LogP contribution is -2.36. The Morgan fingerprint density at radius 2 is 2.21 bits per heavy atom. The zero-order valence-electron chi connectivity index (χ0n) is 11.2. The molecular formula is C13H17ClN2O2S. The van der Waals surface area contributed by atoms with E-state index in [1.807, 2.05) is 19.1 Å². The maximum Gasteiger partial charge on any atom is 0.325 e. The van der Waals surface area contributed by atoms with Crippen molar-refractivity contribution in [2.24, 2.45) is 0 Å². The van der Waals surface area contributed by atoms with Crippen LogP contribution in [0.5, 0.6) is 0 Å². The summed E-state index contributed by atoms with van der Waals surface area (Å²) < 4.78 is 4.87. The molecule has 6 heteroatoms. The van der Waals surface area contributed by atoms with Crippen LogP contribution in [0.1, 0.15) is 12.5 Å². The third kappa shape index (κ3) is 5.04. The third-order valence-electron chi connectivity index (χ3n) is 2.45. The minimum atomic E-state index is -0.304. The first kappa shape index (κ1) is 15.7. The van der Waals surface area contributed by atoms with E-state index in [1.54, 1.807) is 24.9 Å². The first-order valence-corrected chi connectivity index (χ1v) is 6.66. The van der Waals surface area contributed by atoms with Gasteiger partial charge < -0.3 is 15.0 Å². The van der Waals surface area contributed by atoms with Crippen molar-refractivity contribution in [3.05, 3.63) is 28.8 Å². The van der Waals surface area contributed by atoms with Crippen molar-refractivity contribution in [2.75, 3.05) is 25.5 Å². The molecule has 0 saturated carbocycles. The summed E-state index contributed by atoms with van der Waals surface area (Å²) in [6, 6.07) is 5.48. The van der Waals surface area contributed by atoms with Crippen LogP contribution in [0.3, 0.4) is 0 Å². The molecule has 1 aromatic carbocycles. The van der Waals surface area contributed by atoms with Crippen molar-refractivity contribution >= 4 is 40.6 Å². The molecule has 4 nitrogen and oxygen atoms in total. The molecule has 0 radical (unpaired) electrons. The lowest BCUT2D eigenvalue weighted by molar-refractivity contribution is -0.143. The van der Waals surface area contributed by atoms with Gasteiger partial charge in [0, 0.05) is 17.8 Å². The SMILES string of the molecule is CCOC(=O)CN(C)C(=S)Nc1ccc(Cl)cc1C. The van der Waals surface area contributed by atoms with E-state index in [0.29, 0.717) is 16.7 Å². The summed E-state index contributed by atoms with van der Waals surface area (Å²) in [7, 11) is 1.73. The van der Waals surface area contributed by atoms with Gasteiger partial charge in [-0.15, -0.1) is 0 Å². The predicted molar refractivity (Wildman–Crippen MR) is 81.7 cm³/mol. The summed E-state index contributed by atoms with van der Waals surface area (Å²) in [5.41, 5.74) is 1.85. The maximum absolute atomic E-state index is 11.4. The maximum atomic E-state index is 11.4. The van der Waals surface area contributed by atoms with Crippen LogP contribution in [0.4, 0.5) is 5.69 Å². The number of ether oxygens (including phenoxy) is 1. The number of nitrogens with zero attached hydrogens (tertiary/aromatic N) is 1. The molecule has 0 spiro atoms. The monoisotopic (exact) mass is 300 g/mol. The highest BCUT2D eigenvalue weighted by atomic mass is 35.5. The number of hydrogen-bond donors (Lipinski definition) is 1. The largest absolute Gasteiger partial charge is 0.465 e. The number of thiocarbonyl (C=S) groups is 1. The first-order valence-electron chi connectivity index (χ1n) is 5.88. The van der Waals surface area contributed by atoms with Gasteiger partial charge >= 0.3 is 5.97 Å². The van der Waals surface area contributed by atoms with Gasteiger partial charge in [0.2, 0.25) is 0 Å². The van der Waals surface area contributed by atoms with E-state index >= 15 is 0 Å². The van der Waals surface area contributed by atoms with E-state index < -0.39 is 0 Å². The summed E-state index contributed by atoms with van der Waals surface area (Å²) in [5.74, 6) is -0.304. The van der Waals surface area contributed by atoms with Gasteiger partial charge in [0.1, 0.15) is 6.54 Å². The molecule has 19 heavy (non-hydrogen) atoms. The van der Waals surface area contributed by atoms with Gasteiger partial charge in [-0.3, -0.25) is 4.79 Å². The lowest BCUT2D eigenvalue weighted by Gasteiger charge is -2.20. The van der Waals surface area contributed by atoms with Crippen molar-refractivity contribution in [3.63, 3.8) is 0 Å². The van der Waals surface area contributed by atoms with E-state index in [4.69, 9.17) is 28.6 Å². The second kappa shape index (κ2) is 7.31. The van der Waals surface area contributed by atoms with Gasteiger partial charge in [0.25, 0.3) is 0 Å². The van der Waals surface area contributed by atoms with E-state index in [0.717, 1.165) is 11.3 Å². The molecule has 1 rings (SSSR count). The highest BCUT2D eigenvalue weighted by Gasteiger charge is 2.11. The number of likely N-dealkylation sites (N-methyl/N-ethyl adjacent to an activating group) is 1. The minimum absolute atomic E-state index is 0.117. The van der Waals surface area contributed by atoms with Crippen LogP contribution in [0.2, 0.25) is 5.02 Å².